The van der Waals surface area contributed by atoms with Gasteiger partial charge in [-0.15, -0.1) is 0 Å². The number of hydrogen-bond acceptors (Lipinski definition) is 3. The molecule has 0 N–H and O–H groups in total. The molecule has 0 saturated carbocycles. The number of carbonyl (C=O) groups is 2. The number of carbonyl (C=O) groups excluding carboxylic acids is 2. The van der Waals surface area contributed by atoms with E-state index in [0.29, 0.717) is 12.2 Å². The fourth-order valence-corrected chi connectivity index (χ4v) is 1.59. The summed E-state index contributed by atoms with van der Waals surface area (Å²) < 4.78 is 5.26. The van der Waals surface area contributed by atoms with Crippen LogP contribution in [0.1, 0.15) is 29.3 Å². The van der Waals surface area contributed by atoms with Crippen LogP contribution in [0.4, 0.5) is 0 Å². The summed E-state index contributed by atoms with van der Waals surface area (Å²) in [5.74, 6) is -0.873. The maximum absolute atomic E-state index is 11.7. The molecule has 0 spiro atoms. The standard InChI is InChI=1S/C13H12O3/c1-2-7-16-11-8-9-5-3-4-6-10(9)12(14)13(11)15/h3-6,8H,2,7H2,1H3. The van der Waals surface area contributed by atoms with Gasteiger partial charge in [-0.3, -0.25) is 9.59 Å². The molecular weight excluding hydrogens is 204 g/mol. The Morgan fingerprint density at radius 1 is 1.12 bits per heavy atom. The van der Waals surface area contributed by atoms with Gasteiger partial charge in [-0.05, 0) is 18.1 Å². The molecule has 2 rings (SSSR count). The van der Waals surface area contributed by atoms with E-state index in [9.17, 15) is 9.59 Å². The molecule has 1 aliphatic carbocycles. The zero-order valence-corrected chi connectivity index (χ0v) is 9.03. The Bertz CT molecular complexity index is 472. The Morgan fingerprint density at radius 3 is 2.62 bits per heavy atom. The second kappa shape index (κ2) is 4.31. The van der Waals surface area contributed by atoms with Gasteiger partial charge in [0.2, 0.25) is 5.78 Å². The normalized spacial score (nSPS) is 14.4. The molecule has 1 aliphatic rings. The van der Waals surface area contributed by atoms with E-state index in [1.54, 1.807) is 24.3 Å². The fourth-order valence-electron chi connectivity index (χ4n) is 1.59. The number of benzene rings is 1. The lowest BCUT2D eigenvalue weighted by atomic mass is 9.94. The average Bonchev–Trinajstić information content (AvgIpc) is 2.32. The summed E-state index contributed by atoms with van der Waals surface area (Å²) in [6.45, 7) is 2.40. The summed E-state index contributed by atoms with van der Waals surface area (Å²) in [4.78, 5) is 23.4. The van der Waals surface area contributed by atoms with Crippen molar-refractivity contribution in [1.82, 2.24) is 0 Å². The van der Waals surface area contributed by atoms with E-state index in [2.05, 4.69) is 0 Å². The second-order valence-corrected chi connectivity index (χ2v) is 3.60. The van der Waals surface area contributed by atoms with Crippen LogP contribution in [-0.2, 0) is 9.53 Å². The van der Waals surface area contributed by atoms with Crippen LogP contribution in [0.15, 0.2) is 30.0 Å². The molecule has 0 atom stereocenters. The van der Waals surface area contributed by atoms with Crippen LogP contribution in [0.25, 0.3) is 6.08 Å². The SMILES string of the molecule is CCCOC1=Cc2ccccc2C(=O)C1=O. The van der Waals surface area contributed by atoms with Gasteiger partial charge in [0, 0.05) is 5.56 Å². The Hall–Kier alpha value is -1.90. The van der Waals surface area contributed by atoms with Crippen LogP contribution < -0.4 is 0 Å². The third-order valence-corrected chi connectivity index (χ3v) is 2.38. The smallest absolute Gasteiger partial charge is 0.268 e. The number of rotatable bonds is 3. The van der Waals surface area contributed by atoms with Crippen molar-refractivity contribution < 1.29 is 14.3 Å². The van der Waals surface area contributed by atoms with Crippen molar-refractivity contribution in [3.63, 3.8) is 0 Å². The fraction of sp³-hybridized carbons (Fsp3) is 0.231. The molecule has 0 bridgehead atoms. The minimum atomic E-state index is -0.549. The third-order valence-electron chi connectivity index (χ3n) is 2.38. The van der Waals surface area contributed by atoms with Crippen LogP contribution in [0.2, 0.25) is 0 Å². The van der Waals surface area contributed by atoms with E-state index in [1.807, 2.05) is 13.0 Å². The van der Waals surface area contributed by atoms with Crippen molar-refractivity contribution in [3.05, 3.63) is 41.2 Å². The van der Waals surface area contributed by atoms with Crippen molar-refractivity contribution in [2.24, 2.45) is 0 Å². The van der Waals surface area contributed by atoms with Crippen molar-refractivity contribution >= 4 is 17.6 Å². The van der Waals surface area contributed by atoms with E-state index in [0.717, 1.165) is 12.0 Å². The minimum Gasteiger partial charge on any atom is -0.489 e. The van der Waals surface area contributed by atoms with Crippen molar-refractivity contribution in [2.45, 2.75) is 13.3 Å². The number of allylic oxidation sites excluding steroid dienone is 1. The van der Waals surface area contributed by atoms with Crippen molar-refractivity contribution in [1.29, 1.82) is 0 Å². The Labute approximate surface area is 93.7 Å². The highest BCUT2D eigenvalue weighted by molar-refractivity contribution is 6.51. The molecule has 0 fully saturated rings. The lowest BCUT2D eigenvalue weighted by molar-refractivity contribution is -0.114. The molecule has 1 aromatic rings. The highest BCUT2D eigenvalue weighted by Crippen LogP contribution is 2.22. The Balaban J connectivity index is 2.39. The summed E-state index contributed by atoms with van der Waals surface area (Å²) in [5.41, 5.74) is 1.20. The first kappa shape index (κ1) is 10.6. The van der Waals surface area contributed by atoms with E-state index in [1.165, 1.54) is 0 Å². The van der Waals surface area contributed by atoms with Gasteiger partial charge in [0.1, 0.15) is 0 Å². The molecule has 0 amide bonds. The highest BCUT2D eigenvalue weighted by Gasteiger charge is 2.28. The molecule has 0 radical (unpaired) electrons. The first-order chi connectivity index (χ1) is 7.74. The van der Waals surface area contributed by atoms with Gasteiger partial charge in [0.05, 0.1) is 6.61 Å². The average molecular weight is 216 g/mol. The minimum absolute atomic E-state index is 0.158. The molecule has 16 heavy (non-hydrogen) atoms. The molecule has 0 saturated heterocycles. The van der Waals surface area contributed by atoms with Gasteiger partial charge >= 0.3 is 0 Å². The predicted octanol–water partition coefficient (Wildman–Crippen LogP) is 2.22. The van der Waals surface area contributed by atoms with E-state index >= 15 is 0 Å². The van der Waals surface area contributed by atoms with Crippen LogP contribution in [-0.4, -0.2) is 18.2 Å². The summed E-state index contributed by atoms with van der Waals surface area (Å²) >= 11 is 0. The van der Waals surface area contributed by atoms with Gasteiger partial charge in [0.15, 0.2) is 5.76 Å². The van der Waals surface area contributed by atoms with Gasteiger partial charge in [-0.1, -0.05) is 31.2 Å². The molecule has 3 nitrogen and oxygen atoms in total. The molecule has 1 aromatic carbocycles. The van der Waals surface area contributed by atoms with E-state index in [4.69, 9.17) is 4.74 Å². The maximum atomic E-state index is 11.7. The molecule has 3 heteroatoms. The zero-order valence-electron chi connectivity index (χ0n) is 9.03. The number of Topliss-reactive ketones (excluding diaryl/α,β-unsaturated/α-hetero) is 2. The summed E-state index contributed by atoms with van der Waals surface area (Å²) in [6.07, 6.45) is 2.44. The molecular formula is C13H12O3. The number of ketones is 2. The number of fused-ring (bicyclic) bond motifs is 1. The summed E-state index contributed by atoms with van der Waals surface area (Å²) in [5, 5.41) is 0. The van der Waals surface area contributed by atoms with Crippen LogP contribution in [0, 0.1) is 0 Å². The molecule has 0 heterocycles. The molecule has 82 valence electrons. The molecule has 0 unspecified atom stereocenters. The van der Waals surface area contributed by atoms with Gasteiger partial charge < -0.3 is 4.74 Å². The molecule has 0 aromatic heterocycles. The Morgan fingerprint density at radius 2 is 1.88 bits per heavy atom. The second-order valence-electron chi connectivity index (χ2n) is 3.60. The largest absolute Gasteiger partial charge is 0.489 e. The van der Waals surface area contributed by atoms with Crippen LogP contribution in [0.5, 0.6) is 0 Å². The Kier molecular flexibility index (Phi) is 2.86. The first-order valence-electron chi connectivity index (χ1n) is 5.26. The monoisotopic (exact) mass is 216 g/mol. The third kappa shape index (κ3) is 1.76. The van der Waals surface area contributed by atoms with E-state index in [-0.39, 0.29) is 5.76 Å². The van der Waals surface area contributed by atoms with Gasteiger partial charge in [0.25, 0.3) is 5.78 Å². The summed E-state index contributed by atoms with van der Waals surface area (Å²) in [6, 6.07) is 7.03. The first-order valence-corrected chi connectivity index (χ1v) is 5.26. The van der Waals surface area contributed by atoms with Gasteiger partial charge in [-0.2, -0.15) is 0 Å². The topological polar surface area (TPSA) is 43.4 Å². The van der Waals surface area contributed by atoms with Crippen molar-refractivity contribution in [2.75, 3.05) is 6.61 Å². The maximum Gasteiger partial charge on any atom is 0.268 e. The quantitative estimate of drug-likeness (QED) is 0.727. The van der Waals surface area contributed by atoms with Gasteiger partial charge in [-0.25, -0.2) is 0 Å². The summed E-state index contributed by atoms with van der Waals surface area (Å²) in [7, 11) is 0. The van der Waals surface area contributed by atoms with Crippen molar-refractivity contribution in [3.8, 4) is 0 Å². The predicted molar refractivity (Wildman–Crippen MR) is 60.0 cm³/mol. The lowest BCUT2D eigenvalue weighted by Gasteiger charge is -2.14. The number of ether oxygens (including phenoxy) is 1. The van der Waals surface area contributed by atoms with Crippen LogP contribution in [0.3, 0.4) is 0 Å². The molecule has 0 aliphatic heterocycles. The number of hydrogen-bond donors (Lipinski definition) is 0. The highest BCUT2D eigenvalue weighted by atomic mass is 16.5. The van der Waals surface area contributed by atoms with E-state index < -0.39 is 11.6 Å². The zero-order chi connectivity index (χ0) is 11.5. The lowest BCUT2D eigenvalue weighted by Crippen LogP contribution is -2.22. The van der Waals surface area contributed by atoms with Crippen LogP contribution >= 0.6 is 0 Å².